The van der Waals surface area contributed by atoms with Crippen LogP contribution in [0.3, 0.4) is 0 Å². The van der Waals surface area contributed by atoms with Crippen molar-refractivity contribution in [3.05, 3.63) is 58.6 Å². The Hall–Kier alpha value is -1.85. The van der Waals surface area contributed by atoms with E-state index in [4.69, 9.17) is 16.3 Å². The van der Waals surface area contributed by atoms with Gasteiger partial charge in [0.05, 0.1) is 11.8 Å². The van der Waals surface area contributed by atoms with E-state index in [1.807, 2.05) is 0 Å². The van der Waals surface area contributed by atoms with Gasteiger partial charge in [-0.2, -0.15) is 0 Å². The molecule has 1 aliphatic rings. The van der Waals surface area contributed by atoms with E-state index >= 15 is 0 Å². The predicted octanol–water partition coefficient (Wildman–Crippen LogP) is 3.77. The van der Waals surface area contributed by atoms with Crippen molar-refractivity contribution in [1.82, 2.24) is 0 Å². The summed E-state index contributed by atoms with van der Waals surface area (Å²) in [5.41, 5.74) is 0.957. The SMILES string of the molecule is OC1CCN(c2cc(F)c(OCc3ccc(Cl)cc3)cc2F)C1. The highest BCUT2D eigenvalue weighted by molar-refractivity contribution is 6.30. The summed E-state index contributed by atoms with van der Waals surface area (Å²) in [6.45, 7) is 0.930. The topological polar surface area (TPSA) is 32.7 Å². The van der Waals surface area contributed by atoms with Crippen LogP contribution in [-0.4, -0.2) is 24.3 Å². The second-order valence-corrected chi connectivity index (χ2v) is 5.97. The van der Waals surface area contributed by atoms with Crippen molar-refractivity contribution in [2.75, 3.05) is 18.0 Å². The Labute approximate surface area is 138 Å². The second-order valence-electron chi connectivity index (χ2n) is 5.54. The van der Waals surface area contributed by atoms with E-state index in [0.717, 1.165) is 17.7 Å². The molecule has 0 aromatic heterocycles. The van der Waals surface area contributed by atoms with E-state index in [0.29, 0.717) is 24.5 Å². The fourth-order valence-electron chi connectivity index (χ4n) is 2.57. The average Bonchev–Trinajstić information content (AvgIpc) is 2.95. The number of aliphatic hydroxyl groups excluding tert-OH is 1. The molecule has 0 spiro atoms. The zero-order valence-electron chi connectivity index (χ0n) is 12.3. The molecule has 0 bridgehead atoms. The Kier molecular flexibility index (Phi) is 4.68. The van der Waals surface area contributed by atoms with Gasteiger partial charge in [0.2, 0.25) is 0 Å². The molecule has 2 aromatic rings. The molecule has 1 N–H and O–H groups in total. The van der Waals surface area contributed by atoms with Crippen LogP contribution in [0.4, 0.5) is 14.5 Å². The lowest BCUT2D eigenvalue weighted by Crippen LogP contribution is -2.22. The van der Waals surface area contributed by atoms with Gasteiger partial charge < -0.3 is 14.7 Å². The van der Waals surface area contributed by atoms with Crippen LogP contribution in [0.15, 0.2) is 36.4 Å². The highest BCUT2D eigenvalue weighted by atomic mass is 35.5. The number of hydrogen-bond donors (Lipinski definition) is 1. The quantitative estimate of drug-likeness (QED) is 0.920. The van der Waals surface area contributed by atoms with E-state index in [9.17, 15) is 13.9 Å². The third kappa shape index (κ3) is 3.74. The fourth-order valence-corrected chi connectivity index (χ4v) is 2.70. The third-order valence-electron chi connectivity index (χ3n) is 3.81. The van der Waals surface area contributed by atoms with Gasteiger partial charge in [-0.3, -0.25) is 0 Å². The Morgan fingerprint density at radius 1 is 1.17 bits per heavy atom. The van der Waals surface area contributed by atoms with Gasteiger partial charge in [0.1, 0.15) is 12.4 Å². The molecule has 1 atom stereocenters. The van der Waals surface area contributed by atoms with Crippen molar-refractivity contribution >= 4 is 17.3 Å². The summed E-state index contributed by atoms with van der Waals surface area (Å²) >= 11 is 5.79. The first-order valence-electron chi connectivity index (χ1n) is 7.32. The van der Waals surface area contributed by atoms with Gasteiger partial charge in [0, 0.05) is 30.2 Å². The van der Waals surface area contributed by atoms with Gasteiger partial charge in [-0.25, -0.2) is 8.78 Å². The smallest absolute Gasteiger partial charge is 0.167 e. The minimum atomic E-state index is -0.628. The molecule has 1 heterocycles. The summed E-state index contributed by atoms with van der Waals surface area (Å²) < 4.78 is 33.7. The number of benzene rings is 2. The van der Waals surface area contributed by atoms with Crippen molar-refractivity contribution in [2.45, 2.75) is 19.1 Å². The van der Waals surface area contributed by atoms with Gasteiger partial charge in [0.25, 0.3) is 0 Å². The summed E-state index contributed by atoms with van der Waals surface area (Å²) in [7, 11) is 0. The summed E-state index contributed by atoms with van der Waals surface area (Å²) in [6.07, 6.45) is 0.0499. The minimum absolute atomic E-state index is 0.120. The first-order chi connectivity index (χ1) is 11.0. The Balaban J connectivity index is 1.73. The van der Waals surface area contributed by atoms with Crippen molar-refractivity contribution in [1.29, 1.82) is 0 Å². The lowest BCUT2D eigenvalue weighted by atomic mass is 10.2. The average molecular weight is 340 g/mol. The van der Waals surface area contributed by atoms with Gasteiger partial charge in [-0.1, -0.05) is 23.7 Å². The van der Waals surface area contributed by atoms with Gasteiger partial charge in [0.15, 0.2) is 11.6 Å². The highest BCUT2D eigenvalue weighted by Gasteiger charge is 2.24. The van der Waals surface area contributed by atoms with E-state index in [2.05, 4.69) is 0 Å². The highest BCUT2D eigenvalue weighted by Crippen LogP contribution is 2.30. The molecule has 122 valence electrons. The molecule has 23 heavy (non-hydrogen) atoms. The van der Waals surface area contributed by atoms with Crippen molar-refractivity contribution < 1.29 is 18.6 Å². The molecule has 1 fully saturated rings. The van der Waals surface area contributed by atoms with E-state index in [-0.39, 0.29) is 18.0 Å². The number of anilines is 1. The number of aliphatic hydroxyl groups is 1. The molecule has 0 aliphatic carbocycles. The maximum Gasteiger partial charge on any atom is 0.167 e. The van der Waals surface area contributed by atoms with Crippen LogP contribution in [0, 0.1) is 11.6 Å². The van der Waals surface area contributed by atoms with Crippen LogP contribution >= 0.6 is 11.6 Å². The zero-order chi connectivity index (χ0) is 16.4. The molecule has 0 radical (unpaired) electrons. The first kappa shape index (κ1) is 16.0. The molecule has 1 unspecified atom stereocenters. The third-order valence-corrected chi connectivity index (χ3v) is 4.06. The number of halogens is 3. The van der Waals surface area contributed by atoms with Crippen molar-refractivity contribution in [2.24, 2.45) is 0 Å². The first-order valence-corrected chi connectivity index (χ1v) is 7.70. The molecule has 1 aliphatic heterocycles. The van der Waals surface area contributed by atoms with Gasteiger partial charge in [-0.05, 0) is 24.1 Å². The summed E-state index contributed by atoms with van der Waals surface area (Å²) in [5, 5.41) is 10.1. The monoisotopic (exact) mass is 339 g/mol. The summed E-state index contributed by atoms with van der Waals surface area (Å²) in [5.74, 6) is -1.33. The van der Waals surface area contributed by atoms with Crippen LogP contribution in [0.5, 0.6) is 5.75 Å². The second kappa shape index (κ2) is 6.72. The maximum atomic E-state index is 14.2. The molecule has 0 saturated carbocycles. The van der Waals surface area contributed by atoms with E-state index in [1.54, 1.807) is 29.2 Å². The fraction of sp³-hybridized carbons (Fsp3) is 0.294. The maximum absolute atomic E-state index is 14.2. The largest absolute Gasteiger partial charge is 0.486 e. The van der Waals surface area contributed by atoms with Gasteiger partial charge in [-0.15, -0.1) is 0 Å². The standard InChI is InChI=1S/C17H16ClF2NO2/c18-12-3-1-11(2-4-12)10-23-17-8-14(19)16(7-15(17)20)21-6-5-13(22)9-21/h1-4,7-8,13,22H,5-6,9-10H2. The molecular formula is C17H16ClF2NO2. The van der Waals surface area contributed by atoms with Crippen molar-refractivity contribution in [3.8, 4) is 5.75 Å². The zero-order valence-corrected chi connectivity index (χ0v) is 13.1. The lowest BCUT2D eigenvalue weighted by molar-refractivity contribution is 0.198. The van der Waals surface area contributed by atoms with Crippen LogP contribution in [0.1, 0.15) is 12.0 Å². The normalized spacial score (nSPS) is 17.6. The Morgan fingerprint density at radius 3 is 2.57 bits per heavy atom. The van der Waals surface area contributed by atoms with Crippen LogP contribution in [0.2, 0.25) is 5.02 Å². The number of rotatable bonds is 4. The van der Waals surface area contributed by atoms with Crippen molar-refractivity contribution in [3.63, 3.8) is 0 Å². The molecule has 2 aromatic carbocycles. The molecule has 3 rings (SSSR count). The molecule has 3 nitrogen and oxygen atoms in total. The van der Waals surface area contributed by atoms with Crippen LogP contribution in [0.25, 0.3) is 0 Å². The van der Waals surface area contributed by atoms with Gasteiger partial charge >= 0.3 is 0 Å². The lowest BCUT2D eigenvalue weighted by Gasteiger charge is -2.19. The number of ether oxygens (including phenoxy) is 1. The number of nitrogens with zero attached hydrogens (tertiary/aromatic N) is 1. The van der Waals surface area contributed by atoms with Crippen LogP contribution < -0.4 is 9.64 Å². The molecule has 6 heteroatoms. The molecule has 1 saturated heterocycles. The minimum Gasteiger partial charge on any atom is -0.486 e. The number of β-amino-alcohol motifs (C(OH)–C–C–N with tert-alkyl or cyclic N) is 1. The molecule has 0 amide bonds. The molecular weight excluding hydrogens is 324 g/mol. The summed E-state index contributed by atoms with van der Waals surface area (Å²) in [4.78, 5) is 1.63. The van der Waals surface area contributed by atoms with E-state index < -0.39 is 17.7 Å². The predicted molar refractivity (Wildman–Crippen MR) is 85.0 cm³/mol. The Morgan fingerprint density at radius 2 is 1.91 bits per heavy atom. The summed E-state index contributed by atoms with van der Waals surface area (Å²) in [6, 6.07) is 9.10. The van der Waals surface area contributed by atoms with Crippen LogP contribution in [-0.2, 0) is 6.61 Å². The number of hydrogen-bond acceptors (Lipinski definition) is 3. The van der Waals surface area contributed by atoms with E-state index in [1.165, 1.54) is 0 Å². The Bertz CT molecular complexity index is 694.